The molecule has 0 unspecified atom stereocenters. The average Bonchev–Trinajstić information content (AvgIpc) is 2.28. The van der Waals surface area contributed by atoms with Crippen LogP contribution in [0.25, 0.3) is 0 Å². The van der Waals surface area contributed by atoms with Gasteiger partial charge in [-0.1, -0.05) is 17.3 Å². The van der Waals surface area contributed by atoms with E-state index >= 15 is 0 Å². The third kappa shape index (κ3) is 1.77. The van der Waals surface area contributed by atoms with Gasteiger partial charge in [0.05, 0.1) is 11.4 Å². The molecule has 1 aliphatic rings. The largest absolute Gasteiger partial charge is 0.323 e. The van der Waals surface area contributed by atoms with Gasteiger partial charge in [-0.05, 0) is 12.1 Å². The number of carbonyl (C=O) groups excluding carboxylic acids is 2. The first-order chi connectivity index (χ1) is 7.72. The lowest BCUT2D eigenvalue weighted by Crippen LogP contribution is -2.43. The molecule has 0 bridgehead atoms. The van der Waals surface area contributed by atoms with Crippen LogP contribution in [0.4, 0.5) is 11.4 Å². The lowest BCUT2D eigenvalue weighted by molar-refractivity contribution is -0.121. The number of fused-ring (bicyclic) bond motifs is 1. The van der Waals surface area contributed by atoms with Gasteiger partial charge in [-0.15, -0.1) is 0 Å². The summed E-state index contributed by atoms with van der Waals surface area (Å²) in [6.07, 6.45) is 0. The van der Waals surface area contributed by atoms with Crippen molar-refractivity contribution in [3.8, 4) is 0 Å². The number of amides is 2. The Morgan fingerprint density at radius 3 is 2.94 bits per heavy atom. The second-order valence-corrected chi connectivity index (χ2v) is 3.33. The SMILES string of the molecule is O=NCC(=O)N1CC(=O)Nc2ccccc21. The molecule has 0 radical (unpaired) electrons. The third-order valence-electron chi connectivity index (χ3n) is 2.27. The molecule has 0 saturated carbocycles. The lowest BCUT2D eigenvalue weighted by atomic mass is 10.2. The fourth-order valence-corrected chi connectivity index (χ4v) is 1.60. The summed E-state index contributed by atoms with van der Waals surface area (Å²) in [4.78, 5) is 34.2. The van der Waals surface area contributed by atoms with Crippen molar-refractivity contribution >= 4 is 23.2 Å². The van der Waals surface area contributed by atoms with E-state index in [1.54, 1.807) is 24.3 Å². The van der Waals surface area contributed by atoms with Crippen LogP contribution in [0.15, 0.2) is 29.4 Å². The normalized spacial score (nSPS) is 14.0. The molecule has 0 saturated heterocycles. The number of nitroso groups, excluding NO2 is 1. The van der Waals surface area contributed by atoms with Gasteiger partial charge in [0.2, 0.25) is 5.91 Å². The van der Waals surface area contributed by atoms with E-state index in [0.717, 1.165) is 0 Å². The van der Waals surface area contributed by atoms with Crippen LogP contribution in [0.1, 0.15) is 0 Å². The number of benzene rings is 1. The van der Waals surface area contributed by atoms with Crippen molar-refractivity contribution in [2.75, 3.05) is 23.3 Å². The van der Waals surface area contributed by atoms with E-state index in [1.165, 1.54) is 4.90 Å². The Bertz CT molecular complexity index is 458. The first-order valence-electron chi connectivity index (χ1n) is 4.70. The van der Waals surface area contributed by atoms with Gasteiger partial charge in [0.15, 0.2) is 6.54 Å². The van der Waals surface area contributed by atoms with Gasteiger partial charge >= 0.3 is 0 Å². The molecule has 6 heteroatoms. The van der Waals surface area contributed by atoms with Gasteiger partial charge in [0.1, 0.15) is 6.54 Å². The molecular formula is C10H9N3O3. The monoisotopic (exact) mass is 219 g/mol. The Kier molecular flexibility index (Phi) is 2.63. The molecule has 1 aromatic carbocycles. The highest BCUT2D eigenvalue weighted by Gasteiger charge is 2.26. The second kappa shape index (κ2) is 4.09. The van der Waals surface area contributed by atoms with Crippen molar-refractivity contribution in [3.63, 3.8) is 0 Å². The zero-order chi connectivity index (χ0) is 11.5. The number of para-hydroxylation sites is 2. The summed E-state index contributed by atoms with van der Waals surface area (Å²) in [7, 11) is 0. The van der Waals surface area contributed by atoms with Gasteiger partial charge in [-0.2, -0.15) is 4.91 Å². The van der Waals surface area contributed by atoms with Gasteiger partial charge in [0.25, 0.3) is 5.91 Å². The number of hydrogen-bond acceptors (Lipinski definition) is 4. The highest BCUT2D eigenvalue weighted by atomic mass is 16.3. The Morgan fingerprint density at radius 1 is 1.44 bits per heavy atom. The standard InChI is InChI=1S/C10H9N3O3/c14-9-6-13(10(15)5-11-16)8-4-2-1-3-7(8)12-9/h1-4H,5-6H2,(H,12,14). The van der Waals surface area contributed by atoms with Crippen LogP contribution in [0, 0.1) is 4.91 Å². The highest BCUT2D eigenvalue weighted by molar-refractivity contribution is 6.10. The van der Waals surface area contributed by atoms with Gasteiger partial charge in [0, 0.05) is 0 Å². The Balaban J connectivity index is 2.37. The number of hydrogen-bond donors (Lipinski definition) is 1. The molecule has 82 valence electrons. The Labute approximate surface area is 91.2 Å². The third-order valence-corrected chi connectivity index (χ3v) is 2.27. The minimum atomic E-state index is -0.475. The van der Waals surface area contributed by atoms with Crippen LogP contribution >= 0.6 is 0 Å². The molecule has 0 aromatic heterocycles. The smallest absolute Gasteiger partial charge is 0.252 e. The summed E-state index contributed by atoms with van der Waals surface area (Å²) >= 11 is 0. The molecule has 16 heavy (non-hydrogen) atoms. The van der Waals surface area contributed by atoms with Crippen LogP contribution in [0.2, 0.25) is 0 Å². The molecule has 1 heterocycles. The number of nitrogens with zero attached hydrogens (tertiary/aromatic N) is 2. The number of carbonyl (C=O) groups is 2. The van der Waals surface area contributed by atoms with Crippen molar-refractivity contribution in [3.05, 3.63) is 29.2 Å². The molecule has 6 nitrogen and oxygen atoms in total. The lowest BCUT2D eigenvalue weighted by Gasteiger charge is -2.28. The molecule has 2 amide bonds. The van der Waals surface area contributed by atoms with Crippen molar-refractivity contribution in [1.82, 2.24) is 0 Å². The highest BCUT2D eigenvalue weighted by Crippen LogP contribution is 2.28. The predicted molar refractivity (Wildman–Crippen MR) is 58.1 cm³/mol. The quantitative estimate of drug-likeness (QED) is 0.745. The van der Waals surface area contributed by atoms with Gasteiger partial charge < -0.3 is 5.32 Å². The summed E-state index contributed by atoms with van der Waals surface area (Å²) in [6.45, 7) is -0.535. The zero-order valence-corrected chi connectivity index (χ0v) is 8.34. The van der Waals surface area contributed by atoms with E-state index in [1.807, 2.05) is 0 Å². The molecule has 0 fully saturated rings. The van der Waals surface area contributed by atoms with E-state index in [4.69, 9.17) is 0 Å². The number of rotatable bonds is 2. The first kappa shape index (κ1) is 10.3. The molecular weight excluding hydrogens is 210 g/mol. The number of anilines is 2. The van der Waals surface area contributed by atoms with Crippen LogP contribution in [0.3, 0.4) is 0 Å². The van der Waals surface area contributed by atoms with Crippen molar-refractivity contribution < 1.29 is 9.59 Å². The Hall–Kier alpha value is -2.24. The molecule has 0 atom stereocenters. The number of nitrogens with one attached hydrogen (secondary N) is 1. The van der Waals surface area contributed by atoms with E-state index in [2.05, 4.69) is 10.5 Å². The van der Waals surface area contributed by atoms with Crippen LogP contribution in [-0.2, 0) is 9.59 Å². The second-order valence-electron chi connectivity index (χ2n) is 3.33. The topological polar surface area (TPSA) is 78.8 Å². The maximum Gasteiger partial charge on any atom is 0.252 e. The van der Waals surface area contributed by atoms with Crippen LogP contribution in [-0.4, -0.2) is 24.9 Å². The van der Waals surface area contributed by atoms with E-state index < -0.39 is 12.5 Å². The minimum absolute atomic E-state index is 0.0780. The molecule has 1 aliphatic heterocycles. The summed E-state index contributed by atoms with van der Waals surface area (Å²) < 4.78 is 0. The van der Waals surface area contributed by atoms with Crippen LogP contribution < -0.4 is 10.2 Å². The molecule has 1 aromatic rings. The minimum Gasteiger partial charge on any atom is -0.323 e. The van der Waals surface area contributed by atoms with E-state index in [-0.39, 0.29) is 12.5 Å². The summed E-state index contributed by atoms with van der Waals surface area (Å²) in [5.41, 5.74) is 1.16. The Morgan fingerprint density at radius 2 is 2.19 bits per heavy atom. The van der Waals surface area contributed by atoms with Crippen LogP contribution in [0.5, 0.6) is 0 Å². The summed E-state index contributed by atoms with van der Waals surface area (Å²) in [6, 6.07) is 6.91. The van der Waals surface area contributed by atoms with Gasteiger partial charge in [-0.3, -0.25) is 14.5 Å². The fourth-order valence-electron chi connectivity index (χ4n) is 1.60. The van der Waals surface area contributed by atoms with Crippen molar-refractivity contribution in [2.45, 2.75) is 0 Å². The molecule has 1 N–H and O–H groups in total. The fraction of sp³-hybridized carbons (Fsp3) is 0.200. The van der Waals surface area contributed by atoms with E-state index in [0.29, 0.717) is 11.4 Å². The summed E-state index contributed by atoms with van der Waals surface area (Å²) in [5.74, 6) is -0.754. The predicted octanol–water partition coefficient (Wildman–Crippen LogP) is 0.738. The molecule has 0 spiro atoms. The van der Waals surface area contributed by atoms with E-state index in [9.17, 15) is 14.5 Å². The molecule has 0 aliphatic carbocycles. The van der Waals surface area contributed by atoms with Crippen molar-refractivity contribution in [1.29, 1.82) is 0 Å². The maximum absolute atomic E-state index is 11.6. The summed E-state index contributed by atoms with van der Waals surface area (Å²) in [5, 5.41) is 5.18. The van der Waals surface area contributed by atoms with Gasteiger partial charge in [-0.25, -0.2) is 0 Å². The zero-order valence-electron chi connectivity index (χ0n) is 8.34. The first-order valence-corrected chi connectivity index (χ1v) is 4.70. The molecule has 2 rings (SSSR count). The average molecular weight is 219 g/mol. The maximum atomic E-state index is 11.6. The van der Waals surface area contributed by atoms with Crippen molar-refractivity contribution in [2.24, 2.45) is 5.18 Å².